The molecule has 1 aliphatic heterocycles. The molecular weight excluding hydrogens is 478 g/mol. The van der Waals surface area contributed by atoms with Gasteiger partial charge in [-0.3, -0.25) is 10.1 Å². The van der Waals surface area contributed by atoms with Crippen molar-refractivity contribution in [2.75, 3.05) is 0 Å². The van der Waals surface area contributed by atoms with Crippen molar-refractivity contribution in [2.24, 2.45) is 5.73 Å². The number of aromatic hydroxyl groups is 1. The second kappa shape index (κ2) is 8.61. The number of phenols is 1. The zero-order chi connectivity index (χ0) is 22.8. The van der Waals surface area contributed by atoms with Crippen molar-refractivity contribution in [3.8, 4) is 23.3 Å². The maximum atomic E-state index is 11.0. The van der Waals surface area contributed by atoms with Gasteiger partial charge in [0.25, 0.3) is 5.69 Å². The molecule has 0 unspecified atom stereocenters. The lowest BCUT2D eigenvalue weighted by Gasteiger charge is -2.28. The normalized spacial score (nSPS) is 14.8. The summed E-state index contributed by atoms with van der Waals surface area (Å²) in [6.45, 7) is 0.0864. The van der Waals surface area contributed by atoms with Crippen LogP contribution >= 0.6 is 15.9 Å². The smallest absolute Gasteiger partial charge is 0.269 e. The Morgan fingerprint density at radius 1 is 1.19 bits per heavy atom. The highest BCUT2D eigenvalue weighted by atomic mass is 79.9. The van der Waals surface area contributed by atoms with E-state index in [4.69, 9.17) is 15.2 Å². The second-order valence-corrected chi connectivity index (χ2v) is 7.96. The maximum absolute atomic E-state index is 11.0. The summed E-state index contributed by atoms with van der Waals surface area (Å²) in [5.41, 5.74) is 8.13. The topological polar surface area (TPSA) is 132 Å². The number of phenolic OH excluding ortho intramolecular Hbond substituents is 1. The molecule has 0 saturated heterocycles. The highest BCUT2D eigenvalue weighted by Crippen LogP contribution is 2.46. The zero-order valence-corrected chi connectivity index (χ0v) is 18.1. The predicted octanol–water partition coefficient (Wildman–Crippen LogP) is 4.86. The van der Waals surface area contributed by atoms with Crippen LogP contribution in [-0.2, 0) is 6.61 Å². The van der Waals surface area contributed by atoms with Crippen LogP contribution in [0.4, 0.5) is 5.69 Å². The summed E-state index contributed by atoms with van der Waals surface area (Å²) >= 11 is 3.46. The molecule has 9 heteroatoms. The van der Waals surface area contributed by atoms with Crippen LogP contribution in [0.25, 0.3) is 0 Å². The lowest BCUT2D eigenvalue weighted by Crippen LogP contribution is -2.21. The van der Waals surface area contributed by atoms with Gasteiger partial charge >= 0.3 is 0 Å². The Kier molecular flexibility index (Phi) is 5.71. The molecule has 160 valence electrons. The van der Waals surface area contributed by atoms with E-state index in [0.29, 0.717) is 28.2 Å². The molecule has 0 bridgehead atoms. The molecule has 3 N–H and O–H groups in total. The Labute approximate surface area is 191 Å². The predicted molar refractivity (Wildman–Crippen MR) is 119 cm³/mol. The number of fused-ring (bicyclic) bond motifs is 1. The van der Waals surface area contributed by atoms with Gasteiger partial charge in [-0.05, 0) is 29.8 Å². The lowest BCUT2D eigenvalue weighted by molar-refractivity contribution is -0.384. The van der Waals surface area contributed by atoms with Gasteiger partial charge in [-0.15, -0.1) is 0 Å². The minimum absolute atomic E-state index is 0.00657. The number of nitro benzene ring substituents is 1. The SMILES string of the molecule is N#CC1=C(N)Oc2cc(O)ccc2[C@H]1c1cc(Br)ccc1OCc1cccc([N+](=O)[O-])c1. The molecule has 4 rings (SSSR count). The highest BCUT2D eigenvalue weighted by Gasteiger charge is 2.33. The molecule has 1 heterocycles. The van der Waals surface area contributed by atoms with E-state index in [1.807, 2.05) is 6.07 Å². The highest BCUT2D eigenvalue weighted by molar-refractivity contribution is 9.10. The van der Waals surface area contributed by atoms with Crippen molar-refractivity contribution in [3.63, 3.8) is 0 Å². The molecule has 0 aliphatic carbocycles. The van der Waals surface area contributed by atoms with Gasteiger partial charge in [0.1, 0.15) is 35.5 Å². The molecule has 0 saturated carbocycles. The average molecular weight is 494 g/mol. The van der Waals surface area contributed by atoms with Gasteiger partial charge in [-0.2, -0.15) is 5.26 Å². The average Bonchev–Trinajstić information content (AvgIpc) is 2.77. The number of benzene rings is 3. The number of nitrogens with zero attached hydrogens (tertiary/aromatic N) is 2. The van der Waals surface area contributed by atoms with E-state index in [-0.39, 0.29) is 29.5 Å². The number of nitriles is 1. The molecule has 0 radical (unpaired) electrons. The lowest BCUT2D eigenvalue weighted by atomic mass is 9.83. The van der Waals surface area contributed by atoms with Crippen molar-refractivity contribution in [1.29, 1.82) is 5.26 Å². The van der Waals surface area contributed by atoms with Gasteiger partial charge in [-0.25, -0.2) is 0 Å². The first-order chi connectivity index (χ1) is 15.4. The van der Waals surface area contributed by atoms with E-state index < -0.39 is 10.8 Å². The van der Waals surface area contributed by atoms with Gasteiger partial charge < -0.3 is 20.3 Å². The molecular formula is C23H16BrN3O5. The molecule has 0 amide bonds. The number of rotatable bonds is 5. The second-order valence-electron chi connectivity index (χ2n) is 7.04. The summed E-state index contributed by atoms with van der Waals surface area (Å²) in [6, 6.07) is 18.3. The van der Waals surface area contributed by atoms with Gasteiger partial charge in [-0.1, -0.05) is 34.1 Å². The summed E-state index contributed by atoms with van der Waals surface area (Å²) < 4.78 is 12.3. The largest absolute Gasteiger partial charge is 0.508 e. The maximum Gasteiger partial charge on any atom is 0.269 e. The third-order valence-corrected chi connectivity index (χ3v) is 5.49. The van der Waals surface area contributed by atoms with E-state index in [2.05, 4.69) is 22.0 Å². The summed E-state index contributed by atoms with van der Waals surface area (Å²) in [6.07, 6.45) is 0. The van der Waals surface area contributed by atoms with Gasteiger partial charge in [0.15, 0.2) is 0 Å². The number of halogens is 1. The van der Waals surface area contributed by atoms with Crippen molar-refractivity contribution < 1.29 is 19.5 Å². The Morgan fingerprint density at radius 3 is 2.75 bits per heavy atom. The number of nitro groups is 1. The van der Waals surface area contributed by atoms with Gasteiger partial charge in [0.05, 0.1) is 10.8 Å². The van der Waals surface area contributed by atoms with Crippen LogP contribution in [0.1, 0.15) is 22.6 Å². The van der Waals surface area contributed by atoms with Crippen LogP contribution in [0.15, 0.2) is 76.6 Å². The Hall–Kier alpha value is -4.03. The molecule has 0 fully saturated rings. The number of non-ortho nitro benzene ring substituents is 1. The number of hydrogen-bond donors (Lipinski definition) is 2. The molecule has 32 heavy (non-hydrogen) atoms. The number of allylic oxidation sites excluding steroid dienone is 1. The van der Waals surface area contributed by atoms with E-state index in [1.54, 1.807) is 30.3 Å². The van der Waals surface area contributed by atoms with E-state index in [0.717, 1.165) is 4.47 Å². The van der Waals surface area contributed by atoms with Gasteiger partial charge in [0.2, 0.25) is 5.88 Å². The zero-order valence-electron chi connectivity index (χ0n) is 16.5. The van der Waals surface area contributed by atoms with E-state index in [9.17, 15) is 20.5 Å². The molecule has 1 atom stereocenters. The fraction of sp³-hybridized carbons (Fsp3) is 0.0870. The standard InChI is InChI=1S/C23H16BrN3O5/c24-14-4-7-20(31-12-13-2-1-3-15(8-13)27(29)30)18(9-14)22-17-6-5-16(28)10-21(17)32-23(26)19(22)11-25/h1-10,22,28H,12,26H2/t22-/m0/s1. The third-order valence-electron chi connectivity index (χ3n) is 5.00. The Balaban J connectivity index is 1.76. The third kappa shape index (κ3) is 4.08. The number of nitrogens with two attached hydrogens (primary N) is 1. The Morgan fingerprint density at radius 2 is 2.00 bits per heavy atom. The van der Waals surface area contributed by atoms with Crippen LogP contribution in [0, 0.1) is 21.4 Å². The molecule has 3 aromatic carbocycles. The quantitative estimate of drug-likeness (QED) is 0.383. The molecule has 3 aromatic rings. The van der Waals surface area contributed by atoms with E-state index >= 15 is 0 Å². The van der Waals surface area contributed by atoms with Crippen LogP contribution in [0.3, 0.4) is 0 Å². The van der Waals surface area contributed by atoms with Gasteiger partial charge in [0, 0.05) is 33.8 Å². The first-order valence-electron chi connectivity index (χ1n) is 9.43. The molecule has 0 aromatic heterocycles. The minimum atomic E-state index is -0.595. The molecule has 1 aliphatic rings. The van der Waals surface area contributed by atoms with E-state index in [1.165, 1.54) is 24.3 Å². The van der Waals surface area contributed by atoms with Crippen LogP contribution in [0.5, 0.6) is 17.2 Å². The fourth-order valence-corrected chi connectivity index (χ4v) is 3.94. The molecule has 8 nitrogen and oxygen atoms in total. The van der Waals surface area contributed by atoms with Crippen molar-refractivity contribution in [2.45, 2.75) is 12.5 Å². The first-order valence-corrected chi connectivity index (χ1v) is 10.2. The van der Waals surface area contributed by atoms with Crippen molar-refractivity contribution in [3.05, 3.63) is 103 Å². The minimum Gasteiger partial charge on any atom is -0.508 e. The summed E-state index contributed by atoms with van der Waals surface area (Å²) in [5.74, 6) is 0.177. The Bertz CT molecular complexity index is 1300. The van der Waals surface area contributed by atoms with Crippen molar-refractivity contribution in [1.82, 2.24) is 0 Å². The first kappa shape index (κ1) is 21.2. The van der Waals surface area contributed by atoms with Crippen LogP contribution < -0.4 is 15.2 Å². The number of ether oxygens (including phenoxy) is 2. The fourth-order valence-electron chi connectivity index (χ4n) is 3.56. The van der Waals surface area contributed by atoms with Crippen LogP contribution in [0.2, 0.25) is 0 Å². The van der Waals surface area contributed by atoms with Crippen LogP contribution in [-0.4, -0.2) is 10.0 Å². The summed E-state index contributed by atoms with van der Waals surface area (Å²) in [7, 11) is 0. The summed E-state index contributed by atoms with van der Waals surface area (Å²) in [4.78, 5) is 10.6. The van der Waals surface area contributed by atoms with Crippen molar-refractivity contribution >= 4 is 21.6 Å². The summed E-state index contributed by atoms with van der Waals surface area (Å²) in [5, 5.41) is 30.7. The number of hydrogen-bond acceptors (Lipinski definition) is 7. The monoisotopic (exact) mass is 493 g/mol. The molecule has 0 spiro atoms.